The van der Waals surface area contributed by atoms with E-state index in [0.29, 0.717) is 17.4 Å². The summed E-state index contributed by atoms with van der Waals surface area (Å²) in [6.07, 6.45) is 1.80. The Kier molecular flexibility index (Phi) is 3.54. The van der Waals surface area contributed by atoms with E-state index in [1.54, 1.807) is 18.3 Å². The number of benzene rings is 1. The van der Waals surface area contributed by atoms with E-state index in [-0.39, 0.29) is 0 Å². The zero-order chi connectivity index (χ0) is 12.3. The first-order chi connectivity index (χ1) is 8.19. The molecule has 1 heterocycles. The summed E-state index contributed by atoms with van der Waals surface area (Å²) in [5.74, 6) is 2.04. The van der Waals surface area contributed by atoms with Crippen molar-refractivity contribution in [1.29, 1.82) is 0 Å². The van der Waals surface area contributed by atoms with Gasteiger partial charge in [-0.3, -0.25) is 0 Å². The molecule has 2 aromatic rings. The van der Waals surface area contributed by atoms with Gasteiger partial charge in [0.1, 0.15) is 24.0 Å². The average Bonchev–Trinajstić information content (AvgIpc) is 2.67. The van der Waals surface area contributed by atoms with Crippen molar-refractivity contribution in [3.63, 3.8) is 0 Å². The summed E-state index contributed by atoms with van der Waals surface area (Å²) in [4.78, 5) is 4.20. The Morgan fingerprint density at radius 1 is 1.47 bits per heavy atom. The van der Waals surface area contributed by atoms with E-state index in [0.717, 1.165) is 18.1 Å². The summed E-state index contributed by atoms with van der Waals surface area (Å²) >= 11 is 5.87. The van der Waals surface area contributed by atoms with E-state index < -0.39 is 0 Å². The van der Waals surface area contributed by atoms with Crippen LogP contribution in [0.25, 0.3) is 0 Å². The third kappa shape index (κ3) is 2.91. The van der Waals surface area contributed by atoms with Gasteiger partial charge in [0.2, 0.25) is 0 Å². The molecule has 90 valence electrons. The SMILES string of the molecule is CCn1cc(N)nc1COc1cccc(Cl)c1. The first-order valence-corrected chi connectivity index (χ1v) is 5.76. The summed E-state index contributed by atoms with van der Waals surface area (Å²) < 4.78 is 7.56. The Balaban J connectivity index is 2.06. The van der Waals surface area contributed by atoms with Crippen LogP contribution in [-0.2, 0) is 13.2 Å². The molecular weight excluding hydrogens is 238 g/mol. The molecule has 0 bridgehead atoms. The third-order valence-corrected chi connectivity index (χ3v) is 2.62. The first kappa shape index (κ1) is 11.8. The number of hydrogen-bond donors (Lipinski definition) is 1. The minimum absolute atomic E-state index is 0.380. The van der Waals surface area contributed by atoms with Crippen molar-refractivity contribution in [2.45, 2.75) is 20.1 Å². The molecule has 0 aliphatic carbocycles. The second-order valence-electron chi connectivity index (χ2n) is 3.61. The molecule has 0 atom stereocenters. The molecule has 0 aliphatic heterocycles. The van der Waals surface area contributed by atoms with Gasteiger partial charge in [-0.15, -0.1) is 0 Å². The van der Waals surface area contributed by atoms with Crippen molar-refractivity contribution in [2.75, 3.05) is 5.73 Å². The number of ether oxygens (including phenoxy) is 1. The zero-order valence-electron chi connectivity index (χ0n) is 9.56. The van der Waals surface area contributed by atoms with Crippen LogP contribution in [0.1, 0.15) is 12.7 Å². The van der Waals surface area contributed by atoms with Gasteiger partial charge in [0.05, 0.1) is 0 Å². The smallest absolute Gasteiger partial charge is 0.149 e. The minimum atomic E-state index is 0.380. The molecule has 1 aromatic heterocycles. The molecule has 0 spiro atoms. The number of nitrogens with zero attached hydrogens (tertiary/aromatic N) is 2. The van der Waals surface area contributed by atoms with Crippen LogP contribution in [0, 0.1) is 0 Å². The molecule has 2 N–H and O–H groups in total. The van der Waals surface area contributed by atoms with Crippen LogP contribution in [0.3, 0.4) is 0 Å². The highest BCUT2D eigenvalue weighted by atomic mass is 35.5. The molecule has 0 saturated carbocycles. The number of hydrogen-bond acceptors (Lipinski definition) is 3. The summed E-state index contributed by atoms with van der Waals surface area (Å²) in [7, 11) is 0. The number of imidazole rings is 1. The lowest BCUT2D eigenvalue weighted by Gasteiger charge is -2.07. The maximum absolute atomic E-state index is 5.87. The van der Waals surface area contributed by atoms with Crippen molar-refractivity contribution in [3.05, 3.63) is 41.3 Å². The van der Waals surface area contributed by atoms with E-state index in [2.05, 4.69) is 4.98 Å². The van der Waals surface area contributed by atoms with Gasteiger partial charge in [-0.2, -0.15) is 0 Å². The molecule has 0 fully saturated rings. The fourth-order valence-corrected chi connectivity index (χ4v) is 1.75. The Labute approximate surface area is 105 Å². The summed E-state index contributed by atoms with van der Waals surface area (Å²) in [6, 6.07) is 7.27. The molecule has 0 amide bonds. The molecule has 2 rings (SSSR count). The summed E-state index contributed by atoms with van der Waals surface area (Å²) in [6.45, 7) is 3.23. The monoisotopic (exact) mass is 251 g/mol. The molecule has 0 radical (unpaired) electrons. The predicted molar refractivity (Wildman–Crippen MR) is 68.1 cm³/mol. The number of halogens is 1. The van der Waals surface area contributed by atoms with Gasteiger partial charge in [0, 0.05) is 17.8 Å². The summed E-state index contributed by atoms with van der Waals surface area (Å²) in [5.41, 5.74) is 5.64. The van der Waals surface area contributed by atoms with Crippen LogP contribution in [-0.4, -0.2) is 9.55 Å². The Morgan fingerprint density at radius 3 is 3.00 bits per heavy atom. The number of nitrogen functional groups attached to an aromatic ring is 1. The Bertz CT molecular complexity index is 510. The lowest BCUT2D eigenvalue weighted by molar-refractivity contribution is 0.290. The largest absolute Gasteiger partial charge is 0.486 e. The Morgan fingerprint density at radius 2 is 2.29 bits per heavy atom. The number of aromatic nitrogens is 2. The molecule has 0 aliphatic rings. The second-order valence-corrected chi connectivity index (χ2v) is 4.05. The molecule has 5 heteroatoms. The average molecular weight is 252 g/mol. The van der Waals surface area contributed by atoms with Crippen molar-refractivity contribution in [2.24, 2.45) is 0 Å². The summed E-state index contributed by atoms with van der Waals surface area (Å²) in [5, 5.41) is 0.654. The second kappa shape index (κ2) is 5.10. The predicted octanol–water partition coefficient (Wildman–Crippen LogP) is 2.72. The molecule has 1 aromatic carbocycles. The molecule has 0 saturated heterocycles. The van der Waals surface area contributed by atoms with Gasteiger partial charge in [0.25, 0.3) is 0 Å². The number of nitrogens with two attached hydrogens (primary N) is 1. The van der Waals surface area contributed by atoms with Crippen LogP contribution >= 0.6 is 11.6 Å². The van der Waals surface area contributed by atoms with Crippen molar-refractivity contribution in [3.8, 4) is 5.75 Å². The van der Waals surface area contributed by atoms with E-state index in [9.17, 15) is 0 Å². The highest BCUT2D eigenvalue weighted by Gasteiger charge is 2.05. The lowest BCUT2D eigenvalue weighted by Crippen LogP contribution is -2.05. The number of rotatable bonds is 4. The fourth-order valence-electron chi connectivity index (χ4n) is 1.57. The van der Waals surface area contributed by atoms with Gasteiger partial charge in [-0.05, 0) is 25.1 Å². The molecule has 0 unspecified atom stereocenters. The van der Waals surface area contributed by atoms with E-state index in [1.807, 2.05) is 23.6 Å². The standard InChI is InChI=1S/C12H14ClN3O/c1-2-16-7-11(14)15-12(16)8-17-10-5-3-4-9(13)6-10/h3-7H,2,8,14H2,1H3. The Hall–Kier alpha value is -1.68. The molecule has 17 heavy (non-hydrogen) atoms. The highest BCUT2D eigenvalue weighted by Crippen LogP contribution is 2.18. The van der Waals surface area contributed by atoms with E-state index in [4.69, 9.17) is 22.1 Å². The van der Waals surface area contributed by atoms with Crippen molar-refractivity contribution < 1.29 is 4.74 Å². The lowest BCUT2D eigenvalue weighted by atomic mass is 10.3. The number of aryl methyl sites for hydroxylation is 1. The maximum Gasteiger partial charge on any atom is 0.149 e. The van der Waals surface area contributed by atoms with Crippen molar-refractivity contribution >= 4 is 17.4 Å². The zero-order valence-corrected chi connectivity index (χ0v) is 10.3. The fraction of sp³-hybridized carbons (Fsp3) is 0.250. The van der Waals surface area contributed by atoms with Crippen LogP contribution < -0.4 is 10.5 Å². The minimum Gasteiger partial charge on any atom is -0.486 e. The van der Waals surface area contributed by atoms with Crippen LogP contribution in [0.5, 0.6) is 5.75 Å². The van der Waals surface area contributed by atoms with Crippen LogP contribution in [0.4, 0.5) is 5.82 Å². The third-order valence-electron chi connectivity index (χ3n) is 2.38. The van der Waals surface area contributed by atoms with Gasteiger partial charge >= 0.3 is 0 Å². The van der Waals surface area contributed by atoms with Crippen LogP contribution in [0.15, 0.2) is 30.5 Å². The van der Waals surface area contributed by atoms with E-state index in [1.165, 1.54) is 0 Å². The van der Waals surface area contributed by atoms with E-state index >= 15 is 0 Å². The highest BCUT2D eigenvalue weighted by molar-refractivity contribution is 6.30. The molecule has 4 nitrogen and oxygen atoms in total. The maximum atomic E-state index is 5.87. The quantitative estimate of drug-likeness (QED) is 0.909. The van der Waals surface area contributed by atoms with Gasteiger partial charge in [-0.1, -0.05) is 17.7 Å². The topological polar surface area (TPSA) is 53.1 Å². The number of anilines is 1. The first-order valence-electron chi connectivity index (χ1n) is 5.39. The van der Waals surface area contributed by atoms with Crippen LogP contribution in [0.2, 0.25) is 5.02 Å². The van der Waals surface area contributed by atoms with Gasteiger partial charge < -0.3 is 15.0 Å². The van der Waals surface area contributed by atoms with Gasteiger partial charge in [0.15, 0.2) is 0 Å². The molecular formula is C12H14ClN3O. The normalized spacial score (nSPS) is 10.5. The van der Waals surface area contributed by atoms with Gasteiger partial charge in [-0.25, -0.2) is 4.98 Å². The van der Waals surface area contributed by atoms with Crippen molar-refractivity contribution in [1.82, 2.24) is 9.55 Å².